The molecular formula is C19H22ClNO3. The predicted molar refractivity (Wildman–Crippen MR) is 93.0 cm³/mol. The first kappa shape index (κ1) is 17.0. The molecule has 0 radical (unpaired) electrons. The second-order valence-corrected chi connectivity index (χ2v) is 7.64. The molecule has 4 nitrogen and oxygen atoms in total. The van der Waals surface area contributed by atoms with Gasteiger partial charge in [-0.15, -0.1) is 11.6 Å². The van der Waals surface area contributed by atoms with E-state index in [2.05, 4.69) is 0 Å². The van der Waals surface area contributed by atoms with Gasteiger partial charge in [0.1, 0.15) is 11.6 Å². The minimum atomic E-state index is -0.537. The summed E-state index contributed by atoms with van der Waals surface area (Å²) in [6.45, 7) is 4.43. The van der Waals surface area contributed by atoms with Gasteiger partial charge < -0.3 is 10.0 Å². The Balaban J connectivity index is 2.14. The van der Waals surface area contributed by atoms with E-state index in [9.17, 15) is 14.7 Å². The second kappa shape index (κ2) is 6.25. The zero-order valence-electron chi connectivity index (χ0n) is 14.0. The normalized spacial score (nSPS) is 23.2. The van der Waals surface area contributed by atoms with Gasteiger partial charge in [0.2, 0.25) is 5.91 Å². The van der Waals surface area contributed by atoms with Gasteiger partial charge in [0.05, 0.1) is 11.6 Å². The summed E-state index contributed by atoms with van der Waals surface area (Å²) in [5.74, 6) is -0.330. The Morgan fingerprint density at radius 3 is 2.71 bits per heavy atom. The molecule has 1 atom stereocenters. The average Bonchev–Trinajstić information content (AvgIpc) is 2.52. The Morgan fingerprint density at radius 1 is 1.33 bits per heavy atom. The molecule has 1 N–H and O–H groups in total. The van der Waals surface area contributed by atoms with Crippen LogP contribution in [0.5, 0.6) is 0 Å². The van der Waals surface area contributed by atoms with Crippen LogP contribution in [0.2, 0.25) is 0 Å². The number of ketones is 1. The van der Waals surface area contributed by atoms with Crippen molar-refractivity contribution in [3.05, 3.63) is 46.7 Å². The van der Waals surface area contributed by atoms with Crippen molar-refractivity contribution < 1.29 is 14.7 Å². The van der Waals surface area contributed by atoms with Gasteiger partial charge in [-0.3, -0.25) is 9.59 Å². The van der Waals surface area contributed by atoms with Crippen LogP contribution < -0.4 is 0 Å². The number of hydrogen-bond acceptors (Lipinski definition) is 3. The number of carbonyl (C=O) groups excluding carboxylic acids is 2. The predicted octanol–water partition coefficient (Wildman–Crippen LogP) is 3.55. The molecule has 1 amide bonds. The zero-order chi connectivity index (χ0) is 17.5. The fraction of sp³-hybridized carbons (Fsp3) is 0.474. The monoisotopic (exact) mass is 347 g/mol. The molecule has 128 valence electrons. The van der Waals surface area contributed by atoms with Crippen LogP contribution in [0.25, 0.3) is 0 Å². The number of fused-ring (bicyclic) bond motifs is 1. The molecule has 1 aliphatic heterocycles. The SMILES string of the molecule is CC1(C)CC(=O)C([C@@H]2c3ccccc3CCN2C(=O)CCl)=C(O)C1. The van der Waals surface area contributed by atoms with Crippen molar-refractivity contribution in [1.29, 1.82) is 0 Å². The van der Waals surface area contributed by atoms with E-state index >= 15 is 0 Å². The summed E-state index contributed by atoms with van der Waals surface area (Å²) in [5.41, 5.74) is 2.12. The third-order valence-electron chi connectivity index (χ3n) is 4.89. The minimum Gasteiger partial charge on any atom is -0.512 e. The molecule has 0 aromatic heterocycles. The van der Waals surface area contributed by atoms with Gasteiger partial charge in [-0.2, -0.15) is 0 Å². The molecule has 1 aliphatic carbocycles. The first-order valence-electron chi connectivity index (χ1n) is 8.22. The lowest BCUT2D eigenvalue weighted by atomic mass is 9.73. The smallest absolute Gasteiger partial charge is 0.238 e. The molecule has 3 rings (SSSR count). The second-order valence-electron chi connectivity index (χ2n) is 7.37. The number of allylic oxidation sites excluding steroid dienone is 1. The largest absolute Gasteiger partial charge is 0.512 e. The third-order valence-corrected chi connectivity index (χ3v) is 5.12. The number of amides is 1. The van der Waals surface area contributed by atoms with Gasteiger partial charge in [0, 0.05) is 19.4 Å². The van der Waals surface area contributed by atoms with Crippen molar-refractivity contribution in [2.45, 2.75) is 39.2 Å². The van der Waals surface area contributed by atoms with E-state index in [0.717, 1.165) is 17.5 Å². The van der Waals surface area contributed by atoms with Crippen LogP contribution in [0.15, 0.2) is 35.6 Å². The summed E-state index contributed by atoms with van der Waals surface area (Å²) in [4.78, 5) is 26.8. The summed E-state index contributed by atoms with van der Waals surface area (Å²) in [6.07, 6.45) is 1.53. The number of hydrogen-bond donors (Lipinski definition) is 1. The van der Waals surface area contributed by atoms with Crippen molar-refractivity contribution in [2.75, 3.05) is 12.4 Å². The van der Waals surface area contributed by atoms with Crippen LogP contribution in [0.1, 0.15) is 43.9 Å². The minimum absolute atomic E-state index is 0.0853. The number of Topliss-reactive ketones (excluding diaryl/α,β-unsaturated/α-hetero) is 1. The number of alkyl halides is 1. The maximum Gasteiger partial charge on any atom is 0.238 e. The van der Waals surface area contributed by atoms with Crippen LogP contribution in [0.4, 0.5) is 0 Å². The van der Waals surface area contributed by atoms with E-state index in [-0.39, 0.29) is 28.7 Å². The lowest BCUT2D eigenvalue weighted by Crippen LogP contribution is -2.44. The van der Waals surface area contributed by atoms with Crippen molar-refractivity contribution in [2.24, 2.45) is 5.41 Å². The molecule has 0 fully saturated rings. The highest BCUT2D eigenvalue weighted by Crippen LogP contribution is 2.44. The fourth-order valence-corrected chi connectivity index (χ4v) is 3.99. The molecule has 0 bridgehead atoms. The van der Waals surface area contributed by atoms with E-state index in [1.165, 1.54) is 0 Å². The van der Waals surface area contributed by atoms with Gasteiger partial charge in [-0.25, -0.2) is 0 Å². The van der Waals surface area contributed by atoms with Crippen LogP contribution in [-0.2, 0) is 16.0 Å². The Hall–Kier alpha value is -1.81. The Kier molecular flexibility index (Phi) is 4.43. The summed E-state index contributed by atoms with van der Waals surface area (Å²) >= 11 is 5.78. The van der Waals surface area contributed by atoms with E-state index in [1.54, 1.807) is 4.90 Å². The maximum atomic E-state index is 12.8. The summed E-state index contributed by atoms with van der Waals surface area (Å²) in [6, 6.07) is 7.26. The molecular weight excluding hydrogens is 326 g/mol. The van der Waals surface area contributed by atoms with E-state index in [1.807, 2.05) is 38.1 Å². The molecule has 2 aliphatic rings. The van der Waals surface area contributed by atoms with Crippen molar-refractivity contribution >= 4 is 23.3 Å². The van der Waals surface area contributed by atoms with Gasteiger partial charge in [0.15, 0.2) is 5.78 Å². The number of halogens is 1. The van der Waals surface area contributed by atoms with Crippen LogP contribution in [0.3, 0.4) is 0 Å². The highest BCUT2D eigenvalue weighted by atomic mass is 35.5. The highest BCUT2D eigenvalue weighted by molar-refractivity contribution is 6.27. The van der Waals surface area contributed by atoms with E-state index < -0.39 is 6.04 Å². The van der Waals surface area contributed by atoms with Crippen LogP contribution in [-0.4, -0.2) is 34.1 Å². The first-order valence-corrected chi connectivity index (χ1v) is 8.76. The average molecular weight is 348 g/mol. The number of aliphatic hydroxyl groups excluding tert-OH is 1. The summed E-state index contributed by atoms with van der Waals surface area (Å²) in [7, 11) is 0. The summed E-state index contributed by atoms with van der Waals surface area (Å²) in [5, 5.41) is 10.6. The van der Waals surface area contributed by atoms with Crippen molar-refractivity contribution in [1.82, 2.24) is 4.90 Å². The standard InChI is InChI=1S/C19H22ClNO3/c1-19(2)9-14(22)17(15(23)10-19)18-13-6-4-3-5-12(13)7-8-21(18)16(24)11-20/h3-6,18,22H,7-11H2,1-2H3/t18-/m0/s1. The Morgan fingerprint density at radius 2 is 2.04 bits per heavy atom. The first-order chi connectivity index (χ1) is 11.3. The fourth-order valence-electron chi connectivity index (χ4n) is 3.84. The quantitative estimate of drug-likeness (QED) is 0.832. The Bertz CT molecular complexity index is 723. The lowest BCUT2D eigenvalue weighted by molar-refractivity contribution is -0.131. The molecule has 24 heavy (non-hydrogen) atoms. The number of rotatable bonds is 2. The third kappa shape index (κ3) is 2.95. The zero-order valence-corrected chi connectivity index (χ0v) is 14.8. The number of aliphatic hydroxyl groups is 1. The highest BCUT2D eigenvalue weighted by Gasteiger charge is 2.42. The number of nitrogens with zero attached hydrogens (tertiary/aromatic N) is 1. The molecule has 1 heterocycles. The van der Waals surface area contributed by atoms with Gasteiger partial charge in [-0.05, 0) is 23.0 Å². The van der Waals surface area contributed by atoms with Crippen molar-refractivity contribution in [3.63, 3.8) is 0 Å². The van der Waals surface area contributed by atoms with E-state index in [4.69, 9.17) is 11.6 Å². The molecule has 1 aromatic carbocycles. The molecule has 0 saturated carbocycles. The molecule has 5 heteroatoms. The molecule has 0 unspecified atom stereocenters. The Labute approximate surface area is 147 Å². The van der Waals surface area contributed by atoms with Gasteiger partial charge in [0.25, 0.3) is 0 Å². The van der Waals surface area contributed by atoms with Gasteiger partial charge in [-0.1, -0.05) is 38.1 Å². The maximum absolute atomic E-state index is 12.8. The number of carbonyl (C=O) groups is 2. The summed E-state index contributed by atoms with van der Waals surface area (Å²) < 4.78 is 0. The van der Waals surface area contributed by atoms with Crippen molar-refractivity contribution in [3.8, 4) is 0 Å². The van der Waals surface area contributed by atoms with E-state index in [0.29, 0.717) is 25.0 Å². The molecule has 0 spiro atoms. The molecule has 0 saturated heterocycles. The van der Waals surface area contributed by atoms with Gasteiger partial charge >= 0.3 is 0 Å². The topological polar surface area (TPSA) is 57.6 Å². The number of benzene rings is 1. The molecule has 1 aromatic rings. The van der Waals surface area contributed by atoms with Crippen LogP contribution in [0, 0.1) is 5.41 Å². The lowest BCUT2D eigenvalue weighted by Gasteiger charge is -2.41. The van der Waals surface area contributed by atoms with Crippen LogP contribution >= 0.6 is 11.6 Å².